The molecule has 0 heterocycles. The Balaban J connectivity index is 2.71. The molecule has 0 aromatic heterocycles. The first kappa shape index (κ1) is 9.04. The molecule has 8 heavy (non-hydrogen) atoms. The van der Waals surface area contributed by atoms with E-state index in [1.54, 1.807) is 0 Å². The Hall–Kier alpha value is 1.04. The van der Waals surface area contributed by atoms with Gasteiger partial charge in [0.05, 0.1) is 0 Å². The average Bonchev–Trinajstić information content (AvgIpc) is 1.81. The van der Waals surface area contributed by atoms with E-state index in [0.29, 0.717) is 0 Å². The molecule has 0 rings (SSSR count). The summed E-state index contributed by atoms with van der Waals surface area (Å²) in [4.78, 5) is 8.67. The zero-order valence-corrected chi connectivity index (χ0v) is 8.30. The van der Waals surface area contributed by atoms with Crippen LogP contribution in [-0.4, -0.2) is 9.03 Å². The maximum atomic E-state index is 4.34. The SMILES string of the molecule is C=INOONI=C. The van der Waals surface area contributed by atoms with Gasteiger partial charge >= 0.3 is 0 Å². The second-order valence-electron chi connectivity index (χ2n) is 0.588. The van der Waals surface area contributed by atoms with Crippen LogP contribution in [0.15, 0.2) is 0 Å². The summed E-state index contributed by atoms with van der Waals surface area (Å²) in [5.74, 6) is 0. The molecule has 0 radical (unpaired) electrons. The van der Waals surface area contributed by atoms with Crippen LogP contribution in [0.3, 0.4) is 0 Å². The lowest BCUT2D eigenvalue weighted by Gasteiger charge is -1.93. The Morgan fingerprint density at radius 3 is 1.62 bits per heavy atom. The maximum absolute atomic E-state index is 4.34. The smallest absolute Gasteiger partial charge is 0.0132 e. The van der Waals surface area contributed by atoms with Crippen molar-refractivity contribution in [1.82, 2.24) is 7.39 Å². The topological polar surface area (TPSA) is 42.5 Å². The van der Waals surface area contributed by atoms with E-state index in [-0.39, 0.29) is 42.0 Å². The standard InChI is InChI=1S/C2H6I2N2O2/c1-3-5-7-8-6-4-2/h5-6H,1-2H2. The van der Waals surface area contributed by atoms with E-state index >= 15 is 0 Å². The summed E-state index contributed by atoms with van der Waals surface area (Å²) in [6.45, 7) is 0. The molecule has 0 aliphatic carbocycles. The van der Waals surface area contributed by atoms with Crippen molar-refractivity contribution in [3.8, 4) is 0 Å². The van der Waals surface area contributed by atoms with Crippen LogP contribution in [-0.2, 0) is 9.98 Å². The van der Waals surface area contributed by atoms with Gasteiger partial charge in [-0.2, -0.15) is 0 Å². The Labute approximate surface area is 68.0 Å². The van der Waals surface area contributed by atoms with Crippen molar-refractivity contribution in [2.45, 2.75) is 0 Å². The minimum absolute atomic E-state index is 0.306. The molecule has 0 aliphatic rings. The van der Waals surface area contributed by atoms with E-state index in [2.05, 4.69) is 26.4 Å². The van der Waals surface area contributed by atoms with E-state index < -0.39 is 0 Å². The molecule has 0 bridgehead atoms. The van der Waals surface area contributed by atoms with Crippen molar-refractivity contribution >= 4 is 51.0 Å². The van der Waals surface area contributed by atoms with Gasteiger partial charge < -0.3 is 0 Å². The molecule has 0 saturated heterocycles. The first-order chi connectivity index (χ1) is 3.91. The van der Waals surface area contributed by atoms with E-state index in [9.17, 15) is 0 Å². The molecule has 0 unspecified atom stereocenters. The Bertz CT molecular complexity index is 68.4. The highest BCUT2D eigenvalue weighted by molar-refractivity contribution is 14.2. The third kappa shape index (κ3) is 7.04. The van der Waals surface area contributed by atoms with E-state index in [4.69, 9.17) is 0 Å². The van der Waals surface area contributed by atoms with Gasteiger partial charge in [0, 0.05) is 0 Å². The third-order valence-corrected chi connectivity index (χ3v) is 1.20. The Morgan fingerprint density at radius 1 is 1.00 bits per heavy atom. The number of hydrogen-bond acceptors (Lipinski definition) is 4. The monoisotopic (exact) mass is 344 g/mol. The highest BCUT2D eigenvalue weighted by Crippen LogP contribution is 1.83. The Kier molecular flexibility index (Phi) is 9.09. The second-order valence-corrected chi connectivity index (χ2v) is 2.99. The molecule has 50 valence electrons. The van der Waals surface area contributed by atoms with Crippen LogP contribution in [0, 0.1) is 0 Å². The van der Waals surface area contributed by atoms with Crippen LogP contribution in [0.4, 0.5) is 0 Å². The highest BCUT2D eigenvalue weighted by Gasteiger charge is 1.74. The minimum atomic E-state index is -0.306. The maximum Gasteiger partial charge on any atom is -0.0132 e. The Morgan fingerprint density at radius 2 is 1.38 bits per heavy atom. The van der Waals surface area contributed by atoms with Gasteiger partial charge in [-0.3, -0.25) is 0 Å². The first-order valence-electron chi connectivity index (χ1n) is 1.49. The van der Waals surface area contributed by atoms with Crippen molar-refractivity contribution in [2.24, 2.45) is 0 Å². The molecule has 4 nitrogen and oxygen atoms in total. The normalized spacial score (nSPS) is 9.50. The van der Waals surface area contributed by atoms with Gasteiger partial charge in [-0.05, 0) is 42.0 Å². The highest BCUT2D eigenvalue weighted by atomic mass is 127. The van der Waals surface area contributed by atoms with Crippen molar-refractivity contribution in [3.63, 3.8) is 0 Å². The largest absolute Gasteiger partial charge is 0.114 e. The van der Waals surface area contributed by atoms with E-state index in [1.807, 2.05) is 0 Å². The fourth-order valence-electron chi connectivity index (χ4n) is 0.0760. The van der Waals surface area contributed by atoms with E-state index in [0.717, 1.165) is 0 Å². The summed E-state index contributed by atoms with van der Waals surface area (Å²) >= 11 is -0.612. The summed E-state index contributed by atoms with van der Waals surface area (Å²) < 4.78 is 12.1. The van der Waals surface area contributed by atoms with Gasteiger partial charge in [-0.15, -0.1) is 17.4 Å². The van der Waals surface area contributed by atoms with Gasteiger partial charge in [0.25, 0.3) is 0 Å². The second kappa shape index (κ2) is 8.04. The fraction of sp³-hybridized carbons (Fsp3) is 0. The molecule has 0 aliphatic heterocycles. The molecule has 0 atom stereocenters. The number of halogens is 2. The lowest BCUT2D eigenvalue weighted by atomic mass is 12.0. The summed E-state index contributed by atoms with van der Waals surface area (Å²) in [6.07, 6.45) is 0. The average molecular weight is 344 g/mol. The molecule has 0 spiro atoms. The molecule has 2 N–H and O–H groups in total. The number of nitrogens with one attached hydrogen (secondary N) is 2. The quantitative estimate of drug-likeness (QED) is 0.252. The molecular weight excluding hydrogens is 338 g/mol. The van der Waals surface area contributed by atoms with Crippen molar-refractivity contribution in [3.05, 3.63) is 0 Å². The van der Waals surface area contributed by atoms with E-state index in [1.165, 1.54) is 0 Å². The molecule has 0 saturated carbocycles. The van der Waals surface area contributed by atoms with Gasteiger partial charge in [-0.1, -0.05) is 9.03 Å². The summed E-state index contributed by atoms with van der Waals surface area (Å²) in [5.41, 5.74) is 0. The van der Waals surface area contributed by atoms with Gasteiger partial charge in [0.2, 0.25) is 0 Å². The van der Waals surface area contributed by atoms with Crippen LogP contribution in [0.2, 0.25) is 0 Å². The lowest BCUT2D eigenvalue weighted by Crippen LogP contribution is -2.07. The first-order valence-corrected chi connectivity index (χ1v) is 6.70. The van der Waals surface area contributed by atoms with Crippen LogP contribution >= 0.6 is 42.0 Å². The third-order valence-electron chi connectivity index (χ3n) is 0.214. The summed E-state index contributed by atoms with van der Waals surface area (Å²) in [6, 6.07) is 0. The number of rotatable bonds is 5. The van der Waals surface area contributed by atoms with Crippen molar-refractivity contribution in [2.75, 3.05) is 0 Å². The zero-order chi connectivity index (χ0) is 6.24. The predicted octanol–water partition coefficient (Wildman–Crippen LogP) is 0.579. The van der Waals surface area contributed by atoms with Gasteiger partial charge in [0.15, 0.2) is 0 Å². The summed E-state index contributed by atoms with van der Waals surface area (Å²) in [5, 5.41) is 0. The molecule has 6 heteroatoms. The van der Waals surface area contributed by atoms with Crippen molar-refractivity contribution in [1.29, 1.82) is 0 Å². The molecule has 0 fully saturated rings. The van der Waals surface area contributed by atoms with Crippen LogP contribution in [0.25, 0.3) is 0 Å². The fourth-order valence-corrected chi connectivity index (χ4v) is 0.510. The molecular formula is C2H6I2N2O2. The molecule has 0 aromatic carbocycles. The van der Waals surface area contributed by atoms with Gasteiger partial charge in [-0.25, -0.2) is 0 Å². The lowest BCUT2D eigenvalue weighted by molar-refractivity contribution is -0.326. The zero-order valence-electron chi connectivity index (χ0n) is 3.99. The van der Waals surface area contributed by atoms with Crippen LogP contribution in [0.5, 0.6) is 0 Å². The van der Waals surface area contributed by atoms with Crippen molar-refractivity contribution < 1.29 is 9.98 Å². The molecule has 0 aromatic rings. The van der Waals surface area contributed by atoms with Crippen LogP contribution in [0.1, 0.15) is 0 Å². The minimum Gasteiger partial charge on any atom is -0.114 e. The summed E-state index contributed by atoms with van der Waals surface area (Å²) in [7, 11) is 0. The number of hydrogen-bond donors (Lipinski definition) is 2. The molecule has 0 amide bonds. The predicted molar refractivity (Wildman–Crippen MR) is 50.7 cm³/mol. The van der Waals surface area contributed by atoms with Crippen LogP contribution < -0.4 is 7.39 Å². The van der Waals surface area contributed by atoms with Gasteiger partial charge in [0.1, 0.15) is 0 Å².